The number of rotatable bonds is 2. The largest absolute Gasteiger partial charge is 0.276 e. The zero-order chi connectivity index (χ0) is 33.2. The average molecular weight is 684 g/mol. The van der Waals surface area contributed by atoms with Crippen LogP contribution in [0.2, 0.25) is 0 Å². The Balaban J connectivity index is 1.39. The number of nitrogens with zero attached hydrogens (tertiary/aromatic N) is 3. The van der Waals surface area contributed by atoms with Crippen molar-refractivity contribution < 1.29 is 0 Å². The number of fused-ring (bicyclic) bond motifs is 17. The van der Waals surface area contributed by atoms with Gasteiger partial charge in [0.2, 0.25) is 5.95 Å². The SMILES string of the molecule is c1ccc(-c2nc(-n3c4ccc5ccccc5c4c4c5ccc6sc7ccccc7c6c5c5c6ccccc6sc5c43)nc3ccccc23)cc1. The molecule has 0 bridgehead atoms. The molecule has 12 rings (SSSR count). The number of aromatic nitrogens is 3. The molecule has 0 atom stereocenters. The molecule has 236 valence electrons. The van der Waals surface area contributed by atoms with Crippen molar-refractivity contribution in [2.45, 2.75) is 0 Å². The molecule has 0 saturated heterocycles. The maximum absolute atomic E-state index is 5.48. The van der Waals surface area contributed by atoms with Gasteiger partial charge in [-0.15, -0.1) is 22.7 Å². The maximum atomic E-state index is 5.48. The molecule has 0 aliphatic heterocycles. The second-order valence-corrected chi connectivity index (χ2v) is 15.4. The minimum absolute atomic E-state index is 0.683. The highest BCUT2D eigenvalue weighted by atomic mass is 32.1. The third kappa shape index (κ3) is 3.71. The standard InChI is InChI=1S/C46H25N3S2/c1-2-13-27(14-3-1)43-29-16-6-9-19-33(29)47-46(48-43)49-34-24-22-26-12-4-5-15-28(26)38(34)41-32-23-25-37-39(30-17-7-10-20-35(30)50-37)40(32)42-31-18-8-11-21-36(31)51-45(42)44(41)49/h1-25H. The van der Waals surface area contributed by atoms with Gasteiger partial charge >= 0.3 is 0 Å². The van der Waals surface area contributed by atoms with Crippen LogP contribution in [0.3, 0.4) is 0 Å². The van der Waals surface area contributed by atoms with E-state index in [1.807, 2.05) is 22.7 Å². The summed E-state index contributed by atoms with van der Waals surface area (Å²) in [5.41, 5.74) is 5.22. The molecule has 3 nitrogen and oxygen atoms in total. The van der Waals surface area contributed by atoms with E-state index >= 15 is 0 Å². The minimum atomic E-state index is 0.683. The number of hydrogen-bond acceptors (Lipinski definition) is 4. The van der Waals surface area contributed by atoms with Crippen LogP contribution in [0.25, 0.3) is 112 Å². The first-order valence-corrected chi connectivity index (χ1v) is 18.8. The molecular weight excluding hydrogens is 659 g/mol. The molecule has 51 heavy (non-hydrogen) atoms. The summed E-state index contributed by atoms with van der Waals surface area (Å²) in [5, 5.41) is 13.9. The molecule has 12 aromatic rings. The molecule has 0 amide bonds. The lowest BCUT2D eigenvalue weighted by Gasteiger charge is -2.13. The zero-order valence-corrected chi connectivity index (χ0v) is 28.7. The van der Waals surface area contributed by atoms with E-state index in [0.717, 1.165) is 27.7 Å². The zero-order valence-electron chi connectivity index (χ0n) is 27.1. The van der Waals surface area contributed by atoms with Crippen LogP contribution in [-0.2, 0) is 0 Å². The number of thiophene rings is 2. The van der Waals surface area contributed by atoms with E-state index in [-0.39, 0.29) is 0 Å². The topological polar surface area (TPSA) is 30.7 Å². The van der Waals surface area contributed by atoms with E-state index in [4.69, 9.17) is 9.97 Å². The second-order valence-electron chi connectivity index (χ2n) is 13.3. The number of hydrogen-bond donors (Lipinski definition) is 0. The molecule has 0 aliphatic rings. The fourth-order valence-electron chi connectivity index (χ4n) is 8.47. The van der Waals surface area contributed by atoms with Gasteiger partial charge in [-0.05, 0) is 46.5 Å². The summed E-state index contributed by atoms with van der Waals surface area (Å²) < 4.78 is 7.55. The highest BCUT2D eigenvalue weighted by molar-refractivity contribution is 7.27. The molecule has 8 aromatic carbocycles. The number of benzene rings is 8. The van der Waals surface area contributed by atoms with Crippen LogP contribution in [0.5, 0.6) is 0 Å². The van der Waals surface area contributed by atoms with Crippen molar-refractivity contribution in [1.29, 1.82) is 0 Å². The molecule has 4 aromatic heterocycles. The maximum Gasteiger partial charge on any atom is 0.235 e. The van der Waals surface area contributed by atoms with E-state index in [1.54, 1.807) is 0 Å². The fraction of sp³-hybridized carbons (Fsp3) is 0. The average Bonchev–Trinajstić information content (AvgIpc) is 3.88. The number of para-hydroxylation sites is 1. The summed E-state index contributed by atoms with van der Waals surface area (Å²) in [5.74, 6) is 0.683. The summed E-state index contributed by atoms with van der Waals surface area (Å²) in [6.07, 6.45) is 0. The molecule has 0 saturated carbocycles. The Morgan fingerprint density at radius 2 is 1.10 bits per heavy atom. The highest BCUT2D eigenvalue weighted by Crippen LogP contribution is 2.52. The fourth-order valence-corrected chi connectivity index (χ4v) is 10.8. The Hall–Kier alpha value is -6.14. The Morgan fingerprint density at radius 1 is 0.412 bits per heavy atom. The van der Waals surface area contributed by atoms with Gasteiger partial charge in [0.25, 0.3) is 0 Å². The van der Waals surface area contributed by atoms with Crippen molar-refractivity contribution in [2.24, 2.45) is 0 Å². The molecule has 0 spiro atoms. The van der Waals surface area contributed by atoms with Crippen LogP contribution in [0.4, 0.5) is 0 Å². The van der Waals surface area contributed by atoms with Crippen molar-refractivity contribution in [3.63, 3.8) is 0 Å². The van der Waals surface area contributed by atoms with Gasteiger partial charge in [-0.2, -0.15) is 0 Å². The van der Waals surface area contributed by atoms with Gasteiger partial charge in [-0.3, -0.25) is 4.57 Å². The van der Waals surface area contributed by atoms with Crippen LogP contribution >= 0.6 is 22.7 Å². The first-order chi connectivity index (χ1) is 25.3. The van der Waals surface area contributed by atoms with Crippen LogP contribution in [-0.4, -0.2) is 14.5 Å². The summed E-state index contributed by atoms with van der Waals surface area (Å²) in [7, 11) is 0. The lowest BCUT2D eigenvalue weighted by Crippen LogP contribution is -2.03. The van der Waals surface area contributed by atoms with Crippen molar-refractivity contribution in [2.75, 3.05) is 0 Å². The predicted octanol–water partition coefficient (Wildman–Crippen LogP) is 13.4. The van der Waals surface area contributed by atoms with Gasteiger partial charge in [-0.1, -0.05) is 121 Å². The van der Waals surface area contributed by atoms with Crippen molar-refractivity contribution >= 4 is 117 Å². The lowest BCUT2D eigenvalue weighted by atomic mass is 9.94. The molecule has 0 radical (unpaired) electrons. The summed E-state index contributed by atoms with van der Waals surface area (Å²) in [6, 6.07) is 54.8. The van der Waals surface area contributed by atoms with Crippen molar-refractivity contribution in [3.8, 4) is 17.2 Å². The first-order valence-electron chi connectivity index (χ1n) is 17.2. The summed E-state index contributed by atoms with van der Waals surface area (Å²) in [6.45, 7) is 0. The molecule has 0 aliphatic carbocycles. The van der Waals surface area contributed by atoms with Crippen molar-refractivity contribution in [3.05, 3.63) is 152 Å². The van der Waals surface area contributed by atoms with E-state index in [1.165, 1.54) is 78.2 Å². The summed E-state index contributed by atoms with van der Waals surface area (Å²) in [4.78, 5) is 10.8. The Labute approximate surface area is 299 Å². The molecule has 0 N–H and O–H groups in total. The van der Waals surface area contributed by atoms with E-state index < -0.39 is 0 Å². The van der Waals surface area contributed by atoms with Crippen LogP contribution in [0.1, 0.15) is 0 Å². The monoisotopic (exact) mass is 683 g/mol. The van der Waals surface area contributed by atoms with E-state index in [9.17, 15) is 0 Å². The lowest BCUT2D eigenvalue weighted by molar-refractivity contribution is 1.02. The Kier molecular flexibility index (Phi) is 5.53. The predicted molar refractivity (Wildman–Crippen MR) is 220 cm³/mol. The Bertz CT molecular complexity index is 3420. The van der Waals surface area contributed by atoms with Gasteiger partial charge in [-0.25, -0.2) is 9.97 Å². The molecule has 0 unspecified atom stereocenters. The quantitative estimate of drug-likeness (QED) is 0.182. The smallest absolute Gasteiger partial charge is 0.235 e. The molecule has 0 fully saturated rings. The van der Waals surface area contributed by atoms with Gasteiger partial charge < -0.3 is 0 Å². The van der Waals surface area contributed by atoms with Crippen LogP contribution < -0.4 is 0 Å². The van der Waals surface area contributed by atoms with Crippen LogP contribution in [0, 0.1) is 0 Å². The summed E-state index contributed by atoms with van der Waals surface area (Å²) >= 11 is 3.77. The third-order valence-electron chi connectivity index (χ3n) is 10.6. The normalized spacial score (nSPS) is 12.3. The third-order valence-corrected chi connectivity index (χ3v) is 12.9. The van der Waals surface area contributed by atoms with Gasteiger partial charge in [0.15, 0.2) is 0 Å². The van der Waals surface area contributed by atoms with Gasteiger partial charge in [0.05, 0.1) is 26.9 Å². The molecule has 5 heteroatoms. The second kappa shape index (κ2) is 10.2. The van der Waals surface area contributed by atoms with Crippen LogP contribution in [0.15, 0.2) is 152 Å². The van der Waals surface area contributed by atoms with Gasteiger partial charge in [0.1, 0.15) is 0 Å². The minimum Gasteiger partial charge on any atom is -0.276 e. The van der Waals surface area contributed by atoms with E-state index in [0.29, 0.717) is 5.95 Å². The van der Waals surface area contributed by atoms with Gasteiger partial charge in [0, 0.05) is 62.8 Å². The Morgan fingerprint density at radius 3 is 1.94 bits per heavy atom. The van der Waals surface area contributed by atoms with E-state index in [2.05, 4.69) is 156 Å². The molecule has 4 heterocycles. The van der Waals surface area contributed by atoms with Crippen molar-refractivity contribution in [1.82, 2.24) is 14.5 Å². The molecular formula is C46H25N3S2. The highest BCUT2D eigenvalue weighted by Gasteiger charge is 2.26. The first kappa shape index (κ1) is 27.7.